The van der Waals surface area contributed by atoms with Crippen molar-refractivity contribution in [1.82, 2.24) is 14.9 Å². The normalized spacial score (nSPS) is 24.7. The highest BCUT2D eigenvalue weighted by Crippen LogP contribution is 2.39. The van der Waals surface area contributed by atoms with E-state index in [2.05, 4.69) is 28.8 Å². The standard InChI is InChI=1S/C15H25N5/c1-3-12-10-19(2)7-4-8-20(12)14-9-13(16)17-15(18-14)11-5-6-11/h9,11-12H,3-8,10H2,1-2H3,(H2,16,17,18). The van der Waals surface area contributed by atoms with Crippen LogP contribution in [0.4, 0.5) is 11.6 Å². The zero-order valence-corrected chi connectivity index (χ0v) is 12.5. The highest BCUT2D eigenvalue weighted by molar-refractivity contribution is 5.48. The molecule has 5 nitrogen and oxygen atoms in total. The van der Waals surface area contributed by atoms with Gasteiger partial charge in [0.1, 0.15) is 17.5 Å². The van der Waals surface area contributed by atoms with E-state index in [1.165, 1.54) is 19.3 Å². The Bertz CT molecular complexity index is 471. The molecule has 110 valence electrons. The lowest BCUT2D eigenvalue weighted by molar-refractivity contribution is 0.327. The van der Waals surface area contributed by atoms with Crippen LogP contribution in [0.15, 0.2) is 6.07 Å². The average Bonchev–Trinajstić information content (AvgIpc) is 3.24. The summed E-state index contributed by atoms with van der Waals surface area (Å²) < 4.78 is 0. The largest absolute Gasteiger partial charge is 0.384 e. The first kappa shape index (κ1) is 13.6. The molecule has 1 unspecified atom stereocenters. The van der Waals surface area contributed by atoms with Crippen molar-refractivity contribution < 1.29 is 0 Å². The Hall–Kier alpha value is -1.36. The van der Waals surface area contributed by atoms with Gasteiger partial charge in [-0.2, -0.15) is 0 Å². The van der Waals surface area contributed by atoms with Gasteiger partial charge in [0.05, 0.1) is 0 Å². The quantitative estimate of drug-likeness (QED) is 0.912. The summed E-state index contributed by atoms with van der Waals surface area (Å²) in [7, 11) is 2.20. The second-order valence-corrected chi connectivity index (χ2v) is 6.15. The molecular formula is C15H25N5. The Labute approximate surface area is 121 Å². The first-order valence-electron chi connectivity index (χ1n) is 7.77. The number of aromatic nitrogens is 2. The molecule has 0 radical (unpaired) electrons. The van der Waals surface area contributed by atoms with Gasteiger partial charge in [-0.15, -0.1) is 0 Å². The molecule has 1 aliphatic heterocycles. The minimum absolute atomic E-state index is 0.517. The maximum Gasteiger partial charge on any atom is 0.136 e. The maximum absolute atomic E-state index is 6.00. The minimum atomic E-state index is 0.517. The molecule has 2 fully saturated rings. The summed E-state index contributed by atoms with van der Waals surface area (Å²) in [5.41, 5.74) is 6.00. The van der Waals surface area contributed by atoms with E-state index in [1.54, 1.807) is 0 Å². The van der Waals surface area contributed by atoms with E-state index in [1.807, 2.05) is 6.07 Å². The third-order valence-corrected chi connectivity index (χ3v) is 4.36. The highest BCUT2D eigenvalue weighted by Gasteiger charge is 2.29. The number of nitrogens with two attached hydrogens (primary N) is 1. The average molecular weight is 275 g/mol. The molecule has 1 aromatic rings. The Kier molecular flexibility index (Phi) is 3.78. The molecule has 5 heteroatoms. The van der Waals surface area contributed by atoms with Gasteiger partial charge in [0.2, 0.25) is 0 Å². The summed E-state index contributed by atoms with van der Waals surface area (Å²) >= 11 is 0. The second kappa shape index (κ2) is 5.56. The van der Waals surface area contributed by atoms with Crippen LogP contribution in [0.3, 0.4) is 0 Å². The van der Waals surface area contributed by atoms with Crippen molar-refractivity contribution in [3.8, 4) is 0 Å². The number of likely N-dealkylation sites (N-methyl/N-ethyl adjacent to an activating group) is 1. The summed E-state index contributed by atoms with van der Waals surface area (Å²) in [4.78, 5) is 14.1. The Morgan fingerprint density at radius 2 is 2.10 bits per heavy atom. The van der Waals surface area contributed by atoms with Crippen LogP contribution in [0.5, 0.6) is 0 Å². The summed E-state index contributed by atoms with van der Waals surface area (Å²) in [6, 6.07) is 2.46. The van der Waals surface area contributed by atoms with Crippen molar-refractivity contribution in [2.75, 3.05) is 37.3 Å². The van der Waals surface area contributed by atoms with Crippen LogP contribution in [-0.4, -0.2) is 47.6 Å². The van der Waals surface area contributed by atoms with Gasteiger partial charge in [-0.3, -0.25) is 0 Å². The van der Waals surface area contributed by atoms with Crippen molar-refractivity contribution in [3.63, 3.8) is 0 Å². The van der Waals surface area contributed by atoms with Crippen LogP contribution in [-0.2, 0) is 0 Å². The van der Waals surface area contributed by atoms with Crippen molar-refractivity contribution in [3.05, 3.63) is 11.9 Å². The molecule has 2 aliphatic rings. The zero-order valence-electron chi connectivity index (χ0n) is 12.5. The number of nitrogen functional groups attached to an aromatic ring is 1. The number of rotatable bonds is 3. The van der Waals surface area contributed by atoms with Crippen LogP contribution in [0.25, 0.3) is 0 Å². The molecule has 1 aromatic heterocycles. The molecular weight excluding hydrogens is 250 g/mol. The molecule has 2 heterocycles. The number of hydrogen-bond donors (Lipinski definition) is 1. The molecule has 0 bridgehead atoms. The van der Waals surface area contributed by atoms with E-state index >= 15 is 0 Å². The Morgan fingerprint density at radius 3 is 2.80 bits per heavy atom. The number of anilines is 2. The lowest BCUT2D eigenvalue weighted by Crippen LogP contribution is -2.40. The third-order valence-electron chi connectivity index (χ3n) is 4.36. The van der Waals surface area contributed by atoms with Gasteiger partial charge >= 0.3 is 0 Å². The van der Waals surface area contributed by atoms with E-state index in [0.29, 0.717) is 17.8 Å². The van der Waals surface area contributed by atoms with Gasteiger partial charge < -0.3 is 15.5 Å². The second-order valence-electron chi connectivity index (χ2n) is 6.15. The fourth-order valence-electron chi connectivity index (χ4n) is 3.04. The van der Waals surface area contributed by atoms with Crippen molar-refractivity contribution in [2.24, 2.45) is 0 Å². The van der Waals surface area contributed by atoms with E-state index in [-0.39, 0.29) is 0 Å². The molecule has 0 amide bonds. The molecule has 20 heavy (non-hydrogen) atoms. The van der Waals surface area contributed by atoms with Crippen LogP contribution < -0.4 is 10.6 Å². The smallest absolute Gasteiger partial charge is 0.136 e. The third kappa shape index (κ3) is 2.87. The maximum atomic E-state index is 6.00. The SMILES string of the molecule is CCC1CN(C)CCCN1c1cc(N)nc(C2CC2)n1. The van der Waals surface area contributed by atoms with Gasteiger partial charge in [0.15, 0.2) is 0 Å². The fraction of sp³-hybridized carbons (Fsp3) is 0.733. The summed E-state index contributed by atoms with van der Waals surface area (Å²) in [5, 5.41) is 0. The van der Waals surface area contributed by atoms with Gasteiger partial charge in [-0.05, 0) is 39.3 Å². The van der Waals surface area contributed by atoms with E-state index < -0.39 is 0 Å². The van der Waals surface area contributed by atoms with Crippen molar-refractivity contribution >= 4 is 11.6 Å². The molecule has 1 atom stereocenters. The topological polar surface area (TPSA) is 58.3 Å². The summed E-state index contributed by atoms with van der Waals surface area (Å²) in [5.74, 6) is 3.14. The highest BCUT2D eigenvalue weighted by atomic mass is 15.3. The molecule has 0 spiro atoms. The predicted molar refractivity (Wildman–Crippen MR) is 82.0 cm³/mol. The molecule has 1 aliphatic carbocycles. The van der Waals surface area contributed by atoms with E-state index in [4.69, 9.17) is 10.7 Å². The zero-order chi connectivity index (χ0) is 14.1. The van der Waals surface area contributed by atoms with Crippen molar-refractivity contribution in [1.29, 1.82) is 0 Å². The Morgan fingerprint density at radius 1 is 1.30 bits per heavy atom. The van der Waals surface area contributed by atoms with Crippen molar-refractivity contribution in [2.45, 2.75) is 44.6 Å². The van der Waals surface area contributed by atoms with Crippen LogP contribution >= 0.6 is 0 Å². The fourth-order valence-corrected chi connectivity index (χ4v) is 3.04. The number of hydrogen-bond acceptors (Lipinski definition) is 5. The summed E-state index contributed by atoms with van der Waals surface area (Å²) in [6.07, 6.45) is 4.73. The van der Waals surface area contributed by atoms with Gasteiger partial charge in [-0.25, -0.2) is 9.97 Å². The number of nitrogens with zero attached hydrogens (tertiary/aromatic N) is 4. The van der Waals surface area contributed by atoms with E-state index in [9.17, 15) is 0 Å². The molecule has 2 N–H and O–H groups in total. The Balaban J connectivity index is 1.89. The lowest BCUT2D eigenvalue weighted by atomic mass is 10.2. The van der Waals surface area contributed by atoms with E-state index in [0.717, 1.165) is 37.7 Å². The first-order valence-corrected chi connectivity index (χ1v) is 7.77. The molecule has 0 aromatic carbocycles. The van der Waals surface area contributed by atoms with Crippen LogP contribution in [0, 0.1) is 0 Å². The molecule has 3 rings (SSSR count). The van der Waals surface area contributed by atoms with Gasteiger partial charge in [-0.1, -0.05) is 6.92 Å². The van der Waals surface area contributed by atoms with Crippen LogP contribution in [0.2, 0.25) is 0 Å². The summed E-state index contributed by atoms with van der Waals surface area (Å²) in [6.45, 7) is 5.56. The molecule has 1 saturated heterocycles. The lowest BCUT2D eigenvalue weighted by Gasteiger charge is -2.31. The van der Waals surface area contributed by atoms with Gasteiger partial charge in [0, 0.05) is 31.1 Å². The van der Waals surface area contributed by atoms with Crippen LogP contribution in [0.1, 0.15) is 44.3 Å². The first-order chi connectivity index (χ1) is 9.67. The molecule has 1 saturated carbocycles. The predicted octanol–water partition coefficient (Wildman–Crippen LogP) is 1.86. The minimum Gasteiger partial charge on any atom is -0.384 e. The monoisotopic (exact) mass is 275 g/mol. The van der Waals surface area contributed by atoms with Gasteiger partial charge in [0.25, 0.3) is 0 Å².